The molecule has 3 rings (SSSR count). The molecule has 0 aliphatic carbocycles. The minimum atomic E-state index is -2.36. The quantitative estimate of drug-likeness (QED) is 0.490. The number of carbonyl (C=O) groups excluding carboxylic acids is 4. The maximum absolute atomic E-state index is 13.5. The van der Waals surface area contributed by atoms with E-state index in [4.69, 9.17) is 9.47 Å². The van der Waals surface area contributed by atoms with Gasteiger partial charge in [0.1, 0.15) is 0 Å². The van der Waals surface area contributed by atoms with Crippen LogP contribution in [0.1, 0.15) is 19.4 Å². The standard InChI is InChI=1S/C23H23N3O6S/c1-3-31-19(28)23(20(29)32-4-2)18(27)26(17-13-9-6-10-14-17)22(33-23)25-21(30)24-15-16-11-7-5-8-12-16/h5-14H,3-4,15H2,1-2H3,(H,24,30)/b25-22-. The van der Waals surface area contributed by atoms with Crippen LogP contribution in [0, 0.1) is 0 Å². The van der Waals surface area contributed by atoms with Gasteiger partial charge in [0.25, 0.3) is 10.7 Å². The predicted octanol–water partition coefficient (Wildman–Crippen LogP) is 2.90. The van der Waals surface area contributed by atoms with Gasteiger partial charge in [-0.2, -0.15) is 4.99 Å². The van der Waals surface area contributed by atoms with Gasteiger partial charge in [-0.15, -0.1) is 0 Å². The summed E-state index contributed by atoms with van der Waals surface area (Å²) in [5.74, 6) is -3.06. The minimum absolute atomic E-state index is 0.0524. The lowest BCUT2D eigenvalue weighted by Crippen LogP contribution is -2.53. The van der Waals surface area contributed by atoms with Crippen LogP contribution in [0.5, 0.6) is 0 Å². The molecule has 1 N–H and O–H groups in total. The van der Waals surface area contributed by atoms with Crippen molar-refractivity contribution >= 4 is 46.5 Å². The highest BCUT2D eigenvalue weighted by molar-refractivity contribution is 8.18. The number of esters is 2. The van der Waals surface area contributed by atoms with Crippen LogP contribution in [0.15, 0.2) is 65.7 Å². The Morgan fingerprint density at radius 2 is 1.48 bits per heavy atom. The van der Waals surface area contributed by atoms with Crippen molar-refractivity contribution in [2.45, 2.75) is 25.1 Å². The van der Waals surface area contributed by atoms with Crippen molar-refractivity contribution in [3.63, 3.8) is 0 Å². The highest BCUT2D eigenvalue weighted by Gasteiger charge is 2.65. The molecule has 172 valence electrons. The first-order valence-corrected chi connectivity index (χ1v) is 11.1. The second-order valence-corrected chi connectivity index (χ2v) is 7.92. The third kappa shape index (κ3) is 5.06. The molecule has 1 saturated heterocycles. The van der Waals surface area contributed by atoms with Gasteiger partial charge in [-0.1, -0.05) is 48.5 Å². The molecule has 1 heterocycles. The van der Waals surface area contributed by atoms with Crippen molar-refractivity contribution in [3.8, 4) is 0 Å². The number of nitrogens with zero attached hydrogens (tertiary/aromatic N) is 2. The van der Waals surface area contributed by atoms with Gasteiger partial charge in [-0.05, 0) is 43.3 Å². The van der Waals surface area contributed by atoms with E-state index in [1.807, 2.05) is 30.3 Å². The van der Waals surface area contributed by atoms with Gasteiger partial charge in [-0.3, -0.25) is 9.69 Å². The number of para-hydroxylation sites is 1. The second-order valence-electron chi connectivity index (χ2n) is 6.74. The van der Waals surface area contributed by atoms with Crippen LogP contribution in [0.2, 0.25) is 0 Å². The fourth-order valence-corrected chi connectivity index (χ4v) is 4.20. The van der Waals surface area contributed by atoms with E-state index in [9.17, 15) is 19.2 Å². The number of amidine groups is 1. The molecule has 2 aromatic carbocycles. The first kappa shape index (κ1) is 24.0. The number of ether oxygens (including phenoxy) is 2. The van der Waals surface area contributed by atoms with Crippen LogP contribution in [0.25, 0.3) is 0 Å². The largest absolute Gasteiger partial charge is 0.464 e. The number of rotatable bonds is 7. The number of nitrogens with one attached hydrogen (secondary N) is 1. The summed E-state index contributed by atoms with van der Waals surface area (Å²) in [6.45, 7) is 3.22. The third-order valence-electron chi connectivity index (χ3n) is 4.56. The maximum Gasteiger partial charge on any atom is 0.344 e. The van der Waals surface area contributed by atoms with E-state index >= 15 is 0 Å². The van der Waals surface area contributed by atoms with Crippen molar-refractivity contribution in [2.24, 2.45) is 4.99 Å². The topological polar surface area (TPSA) is 114 Å². The molecular formula is C23H23N3O6S. The molecule has 0 bridgehead atoms. The van der Waals surface area contributed by atoms with E-state index < -0.39 is 28.6 Å². The van der Waals surface area contributed by atoms with E-state index in [0.29, 0.717) is 17.4 Å². The van der Waals surface area contributed by atoms with Crippen LogP contribution in [0.3, 0.4) is 0 Å². The van der Waals surface area contributed by atoms with Gasteiger partial charge in [-0.25, -0.2) is 14.4 Å². The fourth-order valence-electron chi connectivity index (χ4n) is 3.05. The first-order valence-electron chi connectivity index (χ1n) is 10.3. The average molecular weight is 470 g/mol. The van der Waals surface area contributed by atoms with Crippen molar-refractivity contribution < 1.29 is 28.7 Å². The molecule has 9 nitrogen and oxygen atoms in total. The predicted molar refractivity (Wildman–Crippen MR) is 124 cm³/mol. The molecule has 0 saturated carbocycles. The van der Waals surface area contributed by atoms with Crippen molar-refractivity contribution in [1.82, 2.24) is 5.32 Å². The third-order valence-corrected chi connectivity index (χ3v) is 5.83. The summed E-state index contributed by atoms with van der Waals surface area (Å²) in [5.41, 5.74) is 1.19. The lowest BCUT2D eigenvalue weighted by molar-refractivity contribution is -0.160. The second kappa shape index (κ2) is 10.8. The Kier molecular flexibility index (Phi) is 7.83. The average Bonchev–Trinajstić information content (AvgIpc) is 3.12. The lowest BCUT2D eigenvalue weighted by Gasteiger charge is -2.21. The molecule has 0 radical (unpaired) electrons. The number of hydrogen-bond acceptors (Lipinski definition) is 7. The minimum Gasteiger partial charge on any atom is -0.464 e. The molecule has 1 fully saturated rings. The Labute approximate surface area is 195 Å². The van der Waals surface area contributed by atoms with Crippen molar-refractivity contribution in [3.05, 3.63) is 66.2 Å². The monoisotopic (exact) mass is 469 g/mol. The molecule has 1 aliphatic rings. The van der Waals surface area contributed by atoms with E-state index in [0.717, 1.165) is 10.5 Å². The zero-order valence-electron chi connectivity index (χ0n) is 18.1. The smallest absolute Gasteiger partial charge is 0.344 e. The summed E-state index contributed by atoms with van der Waals surface area (Å²) in [5, 5.41) is 2.50. The molecule has 0 aromatic heterocycles. The van der Waals surface area contributed by atoms with Crippen LogP contribution in [-0.2, 0) is 30.4 Å². The van der Waals surface area contributed by atoms with Crippen LogP contribution >= 0.6 is 11.8 Å². The maximum atomic E-state index is 13.5. The van der Waals surface area contributed by atoms with Crippen LogP contribution in [0.4, 0.5) is 10.5 Å². The van der Waals surface area contributed by atoms with E-state index in [1.54, 1.807) is 44.2 Å². The highest BCUT2D eigenvalue weighted by Crippen LogP contribution is 2.42. The van der Waals surface area contributed by atoms with Crippen molar-refractivity contribution in [1.29, 1.82) is 0 Å². The van der Waals surface area contributed by atoms with Crippen LogP contribution in [-0.4, -0.2) is 47.0 Å². The number of thioether (sulfide) groups is 1. The SMILES string of the molecule is CCOC(=O)C1(C(=O)OCC)S/C(=N\C(=O)NCc2ccccc2)N(c2ccccc2)C1=O. The number of hydrogen-bond donors (Lipinski definition) is 1. The molecule has 3 amide bonds. The molecule has 33 heavy (non-hydrogen) atoms. The Balaban J connectivity index is 1.99. The molecule has 1 aliphatic heterocycles. The van der Waals surface area contributed by atoms with Crippen molar-refractivity contribution in [2.75, 3.05) is 18.1 Å². The molecule has 0 unspecified atom stereocenters. The number of benzene rings is 2. The van der Waals surface area contributed by atoms with Crippen LogP contribution < -0.4 is 10.2 Å². The Bertz CT molecular complexity index is 1040. The van der Waals surface area contributed by atoms with Gasteiger partial charge >= 0.3 is 18.0 Å². The molecular weight excluding hydrogens is 446 g/mol. The number of anilines is 1. The number of amides is 3. The van der Waals surface area contributed by atoms with Gasteiger partial charge in [0.15, 0.2) is 5.17 Å². The Hall–Kier alpha value is -3.66. The molecule has 2 aromatic rings. The summed E-state index contributed by atoms with van der Waals surface area (Å²) in [6.07, 6.45) is 0. The van der Waals surface area contributed by atoms with Gasteiger partial charge in [0, 0.05) is 6.54 Å². The lowest BCUT2D eigenvalue weighted by atomic mass is 10.1. The number of carbonyl (C=O) groups is 4. The normalized spacial score (nSPS) is 15.9. The Morgan fingerprint density at radius 1 is 0.939 bits per heavy atom. The summed E-state index contributed by atoms with van der Waals surface area (Å²) in [6, 6.07) is 16.8. The Morgan fingerprint density at radius 3 is 2.03 bits per heavy atom. The van der Waals surface area contributed by atoms with E-state index in [1.165, 1.54) is 0 Å². The van der Waals surface area contributed by atoms with Gasteiger partial charge < -0.3 is 14.8 Å². The summed E-state index contributed by atoms with van der Waals surface area (Å²) >= 11 is 0.532. The summed E-state index contributed by atoms with van der Waals surface area (Å²) in [7, 11) is 0. The highest BCUT2D eigenvalue weighted by atomic mass is 32.2. The number of aliphatic imine (C=N–C) groups is 1. The first-order chi connectivity index (χ1) is 15.9. The van der Waals surface area contributed by atoms with E-state index in [2.05, 4.69) is 10.3 Å². The molecule has 10 heteroatoms. The summed E-state index contributed by atoms with van der Waals surface area (Å²) in [4.78, 5) is 56.9. The van der Waals surface area contributed by atoms with Gasteiger partial charge in [0.05, 0.1) is 18.9 Å². The number of urea groups is 1. The summed E-state index contributed by atoms with van der Waals surface area (Å²) < 4.78 is 7.73. The fraction of sp³-hybridized carbons (Fsp3) is 0.261. The molecule has 0 spiro atoms. The zero-order valence-corrected chi connectivity index (χ0v) is 19.0. The zero-order chi connectivity index (χ0) is 23.8. The van der Waals surface area contributed by atoms with E-state index in [-0.39, 0.29) is 24.9 Å². The van der Waals surface area contributed by atoms with Gasteiger partial charge in [0.2, 0.25) is 0 Å². The molecule has 0 atom stereocenters.